The predicted molar refractivity (Wildman–Crippen MR) is 113 cm³/mol. The molecule has 0 bridgehead atoms. The second-order valence-electron chi connectivity index (χ2n) is 4.72. The molecule has 0 spiro atoms. The summed E-state index contributed by atoms with van der Waals surface area (Å²) >= 11 is 5.79. The maximum Gasteiger partial charge on any atom is 0.335 e. The summed E-state index contributed by atoms with van der Waals surface area (Å²) in [5.41, 5.74) is 6.65. The first-order valence-corrected chi connectivity index (χ1v) is 9.73. The Labute approximate surface area is 174 Å². The quantitative estimate of drug-likeness (QED) is 0.253. The summed E-state index contributed by atoms with van der Waals surface area (Å²) < 4.78 is 4.64. The van der Waals surface area contributed by atoms with Crippen LogP contribution in [0.5, 0.6) is 17.2 Å². The van der Waals surface area contributed by atoms with Gasteiger partial charge in [0.05, 0.1) is 7.49 Å². The molecule has 0 radical (unpaired) electrons. The third-order valence-electron chi connectivity index (χ3n) is 3.02. The number of carbonyl (C=O) groups is 1. The van der Waals surface area contributed by atoms with Crippen LogP contribution in [0.2, 0.25) is 0 Å². The van der Waals surface area contributed by atoms with Gasteiger partial charge < -0.3 is 20.7 Å². The molecule has 2 atom stereocenters. The first-order chi connectivity index (χ1) is 10.7. The maximum atomic E-state index is 11.2. The van der Waals surface area contributed by atoms with Crippen LogP contribution in [0.3, 0.4) is 0 Å². The van der Waals surface area contributed by atoms with Crippen molar-refractivity contribution in [2.45, 2.75) is 7.47 Å². The molecule has 0 aliphatic heterocycles. The van der Waals surface area contributed by atoms with E-state index >= 15 is 0 Å². The van der Waals surface area contributed by atoms with Gasteiger partial charge in [0.1, 0.15) is 17.2 Å². The first kappa shape index (κ1) is 19.0. The number of rotatable bonds is 5. The topological polar surface area (TPSA) is 92.8 Å². The predicted octanol–water partition coefficient (Wildman–Crippen LogP) is 4.44. The lowest BCUT2D eigenvalue weighted by Crippen LogP contribution is -2.44. The molecule has 2 aromatic rings. The van der Waals surface area contributed by atoms with E-state index in [1.807, 2.05) is 45.2 Å². The fourth-order valence-corrected chi connectivity index (χ4v) is 3.27. The van der Waals surface area contributed by atoms with Gasteiger partial charge in [-0.2, -0.15) is 0 Å². The van der Waals surface area contributed by atoms with Gasteiger partial charge >= 0.3 is 5.97 Å². The Bertz CT molecular complexity index is 719. The second-order valence-corrected chi connectivity index (χ2v) is 8.91. The Morgan fingerprint density at radius 2 is 1.74 bits per heavy atom. The van der Waals surface area contributed by atoms with Gasteiger partial charge in [-0.1, -0.05) is 34.7 Å². The average Bonchev–Trinajstić information content (AvgIpc) is 2.51. The van der Waals surface area contributed by atoms with Gasteiger partial charge in [0.25, 0.3) is 0 Å². The lowest BCUT2D eigenvalue weighted by atomic mass is 10.1. The molecule has 0 aliphatic rings. The molecule has 0 unspecified atom stereocenters. The van der Waals surface area contributed by atoms with Crippen molar-refractivity contribution in [3.8, 4) is 17.2 Å². The van der Waals surface area contributed by atoms with Crippen LogP contribution in [0.15, 0.2) is 42.5 Å². The standard InChI is InChI=1S/C15H12I3NO4/c16-11-7-10(5-6-12(11)20)23-9-3-1-8(2-4-9)13(17)15(18,19)14(21)22/h1-7,13,20H,19H2,(H,21,22)/t13-,15-/m0/s1. The summed E-state index contributed by atoms with van der Waals surface area (Å²) in [6, 6.07) is 12.1. The lowest BCUT2D eigenvalue weighted by molar-refractivity contribution is -0.139. The van der Waals surface area contributed by atoms with Crippen LogP contribution >= 0.6 is 67.8 Å². The summed E-state index contributed by atoms with van der Waals surface area (Å²) in [5.74, 6) is 0.372. The zero-order chi connectivity index (χ0) is 17.2. The number of ether oxygens (including phenoxy) is 1. The van der Waals surface area contributed by atoms with Gasteiger partial charge in [-0.15, -0.1) is 0 Å². The van der Waals surface area contributed by atoms with E-state index in [9.17, 15) is 15.0 Å². The molecule has 0 saturated carbocycles. The number of hydrogen-bond donors (Lipinski definition) is 3. The molecule has 2 aromatic carbocycles. The highest BCUT2D eigenvalue weighted by Gasteiger charge is 2.39. The highest BCUT2D eigenvalue weighted by atomic mass is 127. The summed E-state index contributed by atoms with van der Waals surface area (Å²) in [4.78, 5) is 11.2. The van der Waals surface area contributed by atoms with Gasteiger partial charge in [0, 0.05) is 0 Å². The molecule has 5 nitrogen and oxygen atoms in total. The number of carboxylic acids is 1. The Hall–Kier alpha value is -0.340. The highest BCUT2D eigenvalue weighted by Crippen LogP contribution is 2.39. The van der Waals surface area contributed by atoms with Gasteiger partial charge in [0.2, 0.25) is 0 Å². The van der Waals surface area contributed by atoms with Crippen molar-refractivity contribution in [2.24, 2.45) is 5.73 Å². The zero-order valence-electron chi connectivity index (χ0n) is 11.5. The van der Waals surface area contributed by atoms with E-state index in [2.05, 4.69) is 0 Å². The fraction of sp³-hybridized carbons (Fsp3) is 0.133. The Morgan fingerprint density at radius 1 is 1.17 bits per heavy atom. The van der Waals surface area contributed by atoms with Gasteiger partial charge in [0.15, 0.2) is 3.55 Å². The van der Waals surface area contributed by atoms with Gasteiger partial charge in [-0.05, 0) is 81.1 Å². The van der Waals surface area contributed by atoms with Crippen molar-refractivity contribution in [1.29, 1.82) is 0 Å². The number of carboxylic acid groups (broad SMARTS) is 1. The maximum absolute atomic E-state index is 11.2. The van der Waals surface area contributed by atoms with Crippen LogP contribution in [0.25, 0.3) is 0 Å². The van der Waals surface area contributed by atoms with Crippen molar-refractivity contribution in [3.05, 3.63) is 51.6 Å². The van der Waals surface area contributed by atoms with Crippen molar-refractivity contribution < 1.29 is 19.7 Å². The number of nitrogens with two attached hydrogens (primary N) is 1. The molecule has 122 valence electrons. The number of phenolic OH excluding ortho intramolecular Hbond substituents is 1. The Kier molecular flexibility index (Phi) is 6.35. The van der Waals surface area contributed by atoms with Crippen molar-refractivity contribution in [3.63, 3.8) is 0 Å². The molecule has 8 heteroatoms. The second kappa shape index (κ2) is 7.70. The van der Waals surface area contributed by atoms with E-state index in [4.69, 9.17) is 10.5 Å². The zero-order valence-corrected chi connectivity index (χ0v) is 18.0. The number of phenols is 1. The van der Waals surface area contributed by atoms with Crippen LogP contribution in [0.4, 0.5) is 0 Å². The molecular formula is C15H12I3NO4. The summed E-state index contributed by atoms with van der Waals surface area (Å²) in [5, 5.41) is 18.7. The SMILES string of the molecule is N[C@](I)(C(=O)O)[C@@H](I)c1ccc(Oc2ccc(O)c(I)c2)cc1. The van der Waals surface area contributed by atoms with E-state index in [0.717, 1.165) is 5.56 Å². The number of aliphatic carboxylic acids is 1. The van der Waals surface area contributed by atoms with Crippen molar-refractivity contribution >= 4 is 73.7 Å². The van der Waals surface area contributed by atoms with Crippen molar-refractivity contribution in [1.82, 2.24) is 0 Å². The number of aromatic hydroxyl groups is 1. The summed E-state index contributed by atoms with van der Waals surface area (Å²) in [6.45, 7) is 0. The molecule has 2 rings (SSSR count). The Balaban J connectivity index is 2.16. The first-order valence-electron chi connectivity index (χ1n) is 6.33. The molecule has 4 N–H and O–H groups in total. The number of alkyl halides is 2. The van der Waals surface area contributed by atoms with Gasteiger partial charge in [-0.25, -0.2) is 4.79 Å². The minimum absolute atomic E-state index is 0.205. The molecular weight excluding hydrogens is 639 g/mol. The van der Waals surface area contributed by atoms with E-state index in [1.165, 1.54) is 0 Å². The summed E-state index contributed by atoms with van der Waals surface area (Å²) in [7, 11) is 0. The van der Waals surface area contributed by atoms with E-state index < -0.39 is 9.51 Å². The minimum atomic E-state index is -1.38. The highest BCUT2D eigenvalue weighted by molar-refractivity contribution is 14.1. The smallest absolute Gasteiger partial charge is 0.335 e. The van der Waals surface area contributed by atoms with Crippen molar-refractivity contribution in [2.75, 3.05) is 0 Å². The third kappa shape index (κ3) is 4.60. The molecule has 0 aromatic heterocycles. The van der Waals surface area contributed by atoms with Crippen LogP contribution < -0.4 is 10.5 Å². The van der Waals surface area contributed by atoms with Crippen LogP contribution in [0.1, 0.15) is 9.49 Å². The fourth-order valence-electron chi connectivity index (χ4n) is 1.74. The molecule has 0 amide bonds. The normalized spacial score (nSPS) is 14.8. The molecule has 0 aliphatic carbocycles. The lowest BCUT2D eigenvalue weighted by Gasteiger charge is -2.24. The molecule has 0 saturated heterocycles. The molecule has 0 heterocycles. The Morgan fingerprint density at radius 3 is 2.26 bits per heavy atom. The van der Waals surface area contributed by atoms with Crippen LogP contribution in [0, 0.1) is 3.57 Å². The summed E-state index contributed by atoms with van der Waals surface area (Å²) in [6.07, 6.45) is 0. The number of halogens is 3. The number of hydrogen-bond acceptors (Lipinski definition) is 4. The van der Waals surface area contributed by atoms with E-state index in [1.54, 1.807) is 65.1 Å². The largest absolute Gasteiger partial charge is 0.507 e. The van der Waals surface area contributed by atoms with E-state index in [0.29, 0.717) is 15.1 Å². The van der Waals surface area contributed by atoms with E-state index in [-0.39, 0.29) is 9.67 Å². The monoisotopic (exact) mass is 651 g/mol. The molecule has 23 heavy (non-hydrogen) atoms. The van der Waals surface area contributed by atoms with Gasteiger partial charge in [-0.3, -0.25) is 0 Å². The third-order valence-corrected chi connectivity index (χ3v) is 7.87. The minimum Gasteiger partial charge on any atom is -0.507 e. The van der Waals surface area contributed by atoms with Crippen LogP contribution in [-0.4, -0.2) is 19.7 Å². The number of benzene rings is 2. The molecule has 0 fully saturated rings. The van der Waals surface area contributed by atoms with Crippen LogP contribution in [-0.2, 0) is 4.79 Å². The average molecular weight is 651 g/mol.